The summed E-state index contributed by atoms with van der Waals surface area (Å²) in [6.45, 7) is -0.274. The van der Waals surface area contributed by atoms with Crippen LogP contribution >= 0.6 is 11.3 Å². The van der Waals surface area contributed by atoms with Crippen LogP contribution in [0, 0.1) is 5.82 Å². The molecule has 5 nitrogen and oxygen atoms in total. The molecule has 1 heterocycles. The molecule has 126 valence electrons. The second kappa shape index (κ2) is 7.00. The maximum atomic E-state index is 13.1. The van der Waals surface area contributed by atoms with Crippen molar-refractivity contribution >= 4 is 28.2 Å². The second-order valence-electron chi connectivity index (χ2n) is 5.57. The Morgan fingerprint density at radius 3 is 2.83 bits per heavy atom. The topological polar surface area (TPSA) is 81.4 Å². The molecule has 0 radical (unpaired) electrons. The van der Waals surface area contributed by atoms with Gasteiger partial charge >= 0.3 is 0 Å². The van der Waals surface area contributed by atoms with Crippen LogP contribution < -0.4 is 15.8 Å². The van der Waals surface area contributed by atoms with E-state index in [2.05, 4.69) is 5.32 Å². The molecule has 0 saturated heterocycles. The zero-order valence-electron chi connectivity index (χ0n) is 12.9. The van der Waals surface area contributed by atoms with Crippen LogP contribution in [0.2, 0.25) is 0 Å². The highest BCUT2D eigenvalue weighted by atomic mass is 32.1. The molecule has 2 amide bonds. The number of nitrogens with one attached hydrogen (secondary N) is 1. The largest absolute Gasteiger partial charge is 0.484 e. The first kappa shape index (κ1) is 16.4. The van der Waals surface area contributed by atoms with Crippen LogP contribution in [0.3, 0.4) is 0 Å². The quantitative estimate of drug-likeness (QED) is 0.872. The Morgan fingerprint density at radius 1 is 1.29 bits per heavy atom. The number of aryl methyl sites for hydroxylation is 1. The number of amides is 2. The van der Waals surface area contributed by atoms with Crippen molar-refractivity contribution < 1.29 is 18.7 Å². The molecular weight excluding hydrogens is 331 g/mol. The Balaban J connectivity index is 1.70. The van der Waals surface area contributed by atoms with Crippen LogP contribution in [0.15, 0.2) is 24.3 Å². The van der Waals surface area contributed by atoms with E-state index in [1.165, 1.54) is 29.5 Å². The molecule has 24 heavy (non-hydrogen) atoms. The minimum Gasteiger partial charge on any atom is -0.484 e. The van der Waals surface area contributed by atoms with Crippen molar-refractivity contribution in [2.45, 2.75) is 25.7 Å². The lowest BCUT2D eigenvalue weighted by Gasteiger charge is -2.11. The van der Waals surface area contributed by atoms with E-state index in [9.17, 15) is 14.0 Å². The first-order valence-corrected chi connectivity index (χ1v) is 8.49. The van der Waals surface area contributed by atoms with Crippen LogP contribution in [0.5, 0.6) is 5.75 Å². The van der Waals surface area contributed by atoms with Gasteiger partial charge in [0.15, 0.2) is 6.61 Å². The highest BCUT2D eigenvalue weighted by molar-refractivity contribution is 7.17. The predicted octanol–water partition coefficient (Wildman–Crippen LogP) is 2.88. The normalized spacial score (nSPS) is 13.2. The van der Waals surface area contributed by atoms with E-state index in [-0.39, 0.29) is 12.4 Å². The van der Waals surface area contributed by atoms with Crippen LogP contribution in [0.25, 0.3) is 0 Å². The Bertz CT molecular complexity index is 788. The smallest absolute Gasteiger partial charge is 0.262 e. The zero-order chi connectivity index (χ0) is 17.1. The van der Waals surface area contributed by atoms with Gasteiger partial charge in [-0.05, 0) is 43.4 Å². The molecule has 0 aliphatic heterocycles. The molecule has 3 N–H and O–H groups in total. The Hall–Kier alpha value is -2.41. The summed E-state index contributed by atoms with van der Waals surface area (Å²) in [5, 5.41) is 3.17. The van der Waals surface area contributed by atoms with Crippen LogP contribution in [-0.2, 0) is 17.6 Å². The van der Waals surface area contributed by atoms with E-state index < -0.39 is 17.6 Å². The maximum Gasteiger partial charge on any atom is 0.262 e. The monoisotopic (exact) mass is 348 g/mol. The Morgan fingerprint density at radius 2 is 2.08 bits per heavy atom. The average molecular weight is 348 g/mol. The highest BCUT2D eigenvalue weighted by Gasteiger charge is 2.24. The predicted molar refractivity (Wildman–Crippen MR) is 90.0 cm³/mol. The molecule has 0 spiro atoms. The summed E-state index contributed by atoms with van der Waals surface area (Å²) in [6.07, 6.45) is 3.79. The third-order valence-electron chi connectivity index (χ3n) is 3.84. The van der Waals surface area contributed by atoms with Gasteiger partial charge in [0.25, 0.3) is 11.8 Å². The molecule has 1 aliphatic rings. The first-order valence-electron chi connectivity index (χ1n) is 7.67. The summed E-state index contributed by atoms with van der Waals surface area (Å²) in [4.78, 5) is 24.9. The third-order valence-corrected chi connectivity index (χ3v) is 5.04. The van der Waals surface area contributed by atoms with Crippen molar-refractivity contribution in [1.29, 1.82) is 0 Å². The van der Waals surface area contributed by atoms with Crippen LogP contribution in [0.1, 0.15) is 33.6 Å². The summed E-state index contributed by atoms with van der Waals surface area (Å²) in [5.74, 6) is -1.11. The molecule has 3 rings (SSSR count). The molecule has 2 aromatic rings. The van der Waals surface area contributed by atoms with Crippen LogP contribution in [0.4, 0.5) is 9.39 Å². The zero-order valence-corrected chi connectivity index (χ0v) is 13.7. The van der Waals surface area contributed by atoms with Gasteiger partial charge in [0.2, 0.25) is 0 Å². The number of primary amides is 1. The molecule has 1 aromatic heterocycles. The van der Waals surface area contributed by atoms with Gasteiger partial charge < -0.3 is 15.8 Å². The lowest BCUT2D eigenvalue weighted by Crippen LogP contribution is -2.22. The number of benzene rings is 1. The number of hydrogen-bond acceptors (Lipinski definition) is 4. The van der Waals surface area contributed by atoms with Crippen molar-refractivity contribution in [3.8, 4) is 5.75 Å². The summed E-state index contributed by atoms with van der Waals surface area (Å²) in [5.41, 5.74) is 6.85. The molecule has 1 aliphatic carbocycles. The molecule has 1 aromatic carbocycles. The second-order valence-corrected chi connectivity index (χ2v) is 6.68. The minimum absolute atomic E-state index is 0.269. The van der Waals surface area contributed by atoms with Gasteiger partial charge in [-0.3, -0.25) is 9.59 Å². The molecular formula is C17H17FN2O3S. The van der Waals surface area contributed by atoms with E-state index in [1.807, 2.05) is 0 Å². The van der Waals surface area contributed by atoms with Crippen molar-refractivity contribution in [3.05, 3.63) is 46.1 Å². The molecule has 0 atom stereocenters. The fourth-order valence-corrected chi connectivity index (χ4v) is 4.09. The van der Waals surface area contributed by atoms with Gasteiger partial charge in [-0.15, -0.1) is 11.3 Å². The van der Waals surface area contributed by atoms with Gasteiger partial charge in [0.1, 0.15) is 16.6 Å². The van der Waals surface area contributed by atoms with Gasteiger partial charge in [-0.2, -0.15) is 0 Å². The van der Waals surface area contributed by atoms with Gasteiger partial charge in [-0.25, -0.2) is 4.39 Å². The summed E-state index contributed by atoms with van der Waals surface area (Å²) >= 11 is 1.39. The molecule has 0 unspecified atom stereocenters. The number of anilines is 1. The van der Waals surface area contributed by atoms with E-state index in [0.29, 0.717) is 10.6 Å². The number of rotatable bonds is 5. The van der Waals surface area contributed by atoms with E-state index in [1.54, 1.807) is 6.07 Å². The first-order chi connectivity index (χ1) is 11.5. The van der Waals surface area contributed by atoms with Crippen molar-refractivity contribution in [3.63, 3.8) is 0 Å². The minimum atomic E-state index is -0.532. The fraction of sp³-hybridized carbons (Fsp3) is 0.294. The number of nitrogens with two attached hydrogens (primary N) is 1. The van der Waals surface area contributed by atoms with Gasteiger partial charge in [0, 0.05) is 10.9 Å². The number of hydrogen-bond donors (Lipinski definition) is 2. The Kier molecular flexibility index (Phi) is 4.80. The number of ether oxygens (including phenoxy) is 1. The Labute approximate surface area is 142 Å². The standard InChI is InChI=1S/C17H17FN2O3S/c18-10-4-3-5-11(8-10)23-9-14(21)20-17-15(16(19)22)12-6-1-2-7-13(12)24-17/h3-5,8H,1-2,6-7,9H2,(H2,19,22)(H,20,21). The number of thiophene rings is 1. The number of carbonyl (C=O) groups excluding carboxylic acids is 2. The number of fused-ring (bicyclic) bond motifs is 1. The van der Waals surface area contributed by atoms with Gasteiger partial charge in [0.05, 0.1) is 5.56 Å². The van der Waals surface area contributed by atoms with E-state index in [0.717, 1.165) is 36.1 Å². The molecule has 0 bridgehead atoms. The van der Waals surface area contributed by atoms with Gasteiger partial charge in [-0.1, -0.05) is 6.07 Å². The third kappa shape index (κ3) is 3.56. The molecule has 7 heteroatoms. The number of carbonyl (C=O) groups is 2. The summed E-state index contributed by atoms with van der Waals surface area (Å²) in [6, 6.07) is 5.56. The van der Waals surface area contributed by atoms with Crippen molar-refractivity contribution in [2.24, 2.45) is 5.73 Å². The van der Waals surface area contributed by atoms with E-state index in [4.69, 9.17) is 10.5 Å². The fourth-order valence-electron chi connectivity index (χ4n) is 2.78. The lowest BCUT2D eigenvalue weighted by atomic mass is 9.95. The SMILES string of the molecule is NC(=O)c1c(NC(=O)COc2cccc(F)c2)sc2c1CCCC2. The molecule has 0 fully saturated rings. The highest BCUT2D eigenvalue weighted by Crippen LogP contribution is 2.37. The summed E-state index contributed by atoms with van der Waals surface area (Å²) in [7, 11) is 0. The lowest BCUT2D eigenvalue weighted by molar-refractivity contribution is -0.118. The van der Waals surface area contributed by atoms with E-state index >= 15 is 0 Å². The van der Waals surface area contributed by atoms with Crippen molar-refractivity contribution in [2.75, 3.05) is 11.9 Å². The molecule has 0 saturated carbocycles. The maximum absolute atomic E-state index is 13.1. The van der Waals surface area contributed by atoms with Crippen molar-refractivity contribution in [1.82, 2.24) is 0 Å². The van der Waals surface area contributed by atoms with Crippen LogP contribution in [-0.4, -0.2) is 18.4 Å². The summed E-state index contributed by atoms with van der Waals surface area (Å²) < 4.78 is 18.3. The average Bonchev–Trinajstić information content (AvgIpc) is 2.91. The number of halogens is 1.